The number of Topliss-reactive ketones (excluding diaryl/α,β-unsaturated/α-hetero) is 1. The molecule has 0 spiro atoms. The predicted molar refractivity (Wildman–Crippen MR) is 67.9 cm³/mol. The van der Waals surface area contributed by atoms with Crippen molar-refractivity contribution in [3.05, 3.63) is 35.1 Å². The Balaban J connectivity index is 2.61. The van der Waals surface area contributed by atoms with Gasteiger partial charge < -0.3 is 4.90 Å². The van der Waals surface area contributed by atoms with Crippen molar-refractivity contribution in [2.24, 2.45) is 0 Å². The van der Waals surface area contributed by atoms with Crippen molar-refractivity contribution in [3.8, 4) is 0 Å². The van der Waals surface area contributed by atoms with Crippen LogP contribution in [-0.4, -0.2) is 30.3 Å². The summed E-state index contributed by atoms with van der Waals surface area (Å²) in [6.45, 7) is 8.44. The minimum Gasteiger partial charge on any atom is -0.303 e. The minimum atomic E-state index is -0.307. The number of rotatable bonds is 6. The highest BCUT2D eigenvalue weighted by molar-refractivity contribution is 5.96. The van der Waals surface area contributed by atoms with Gasteiger partial charge in [0.05, 0.1) is 0 Å². The Morgan fingerprint density at radius 3 is 2.47 bits per heavy atom. The number of carbonyl (C=O) groups excluding carboxylic acids is 1. The van der Waals surface area contributed by atoms with Gasteiger partial charge in [0.25, 0.3) is 0 Å². The molecule has 0 N–H and O–H groups in total. The molecule has 0 saturated carbocycles. The summed E-state index contributed by atoms with van der Waals surface area (Å²) in [5, 5.41) is 0. The second kappa shape index (κ2) is 6.50. The number of nitrogens with zero attached hydrogens (tertiary/aromatic N) is 1. The molecule has 0 bridgehead atoms. The van der Waals surface area contributed by atoms with Crippen LogP contribution in [0.15, 0.2) is 18.2 Å². The monoisotopic (exact) mass is 237 g/mol. The van der Waals surface area contributed by atoms with E-state index in [1.165, 1.54) is 6.07 Å². The molecule has 0 radical (unpaired) electrons. The molecule has 0 aliphatic heterocycles. The van der Waals surface area contributed by atoms with Gasteiger partial charge in [0.2, 0.25) is 0 Å². The maximum absolute atomic E-state index is 13.3. The van der Waals surface area contributed by atoms with Gasteiger partial charge in [0, 0.05) is 18.5 Å². The van der Waals surface area contributed by atoms with Crippen molar-refractivity contribution >= 4 is 5.78 Å². The fourth-order valence-electron chi connectivity index (χ4n) is 1.71. The van der Waals surface area contributed by atoms with Crippen LogP contribution in [0.3, 0.4) is 0 Å². The Hall–Kier alpha value is -1.22. The zero-order valence-corrected chi connectivity index (χ0v) is 10.8. The van der Waals surface area contributed by atoms with E-state index in [0.29, 0.717) is 17.5 Å². The largest absolute Gasteiger partial charge is 0.303 e. The molecule has 94 valence electrons. The van der Waals surface area contributed by atoms with E-state index in [1.807, 2.05) is 0 Å². The first-order valence-electron chi connectivity index (χ1n) is 6.10. The summed E-state index contributed by atoms with van der Waals surface area (Å²) in [5.41, 5.74) is 1.05. The number of ketones is 1. The molecular formula is C14H20FNO. The van der Waals surface area contributed by atoms with Crippen molar-refractivity contribution in [2.45, 2.75) is 27.2 Å². The smallest absolute Gasteiger partial charge is 0.164 e. The zero-order chi connectivity index (χ0) is 12.8. The van der Waals surface area contributed by atoms with Crippen molar-refractivity contribution in [1.29, 1.82) is 0 Å². The zero-order valence-electron chi connectivity index (χ0n) is 10.8. The lowest BCUT2D eigenvalue weighted by atomic mass is 10.1. The summed E-state index contributed by atoms with van der Waals surface area (Å²) in [4.78, 5) is 14.0. The topological polar surface area (TPSA) is 20.3 Å². The molecule has 1 rings (SSSR count). The minimum absolute atomic E-state index is 0.0100. The Bertz CT molecular complexity index is 386. The highest BCUT2D eigenvalue weighted by atomic mass is 19.1. The van der Waals surface area contributed by atoms with Crippen LogP contribution in [0.4, 0.5) is 4.39 Å². The molecule has 2 nitrogen and oxygen atoms in total. The van der Waals surface area contributed by atoms with Crippen molar-refractivity contribution in [3.63, 3.8) is 0 Å². The molecule has 0 aliphatic rings. The lowest BCUT2D eigenvalue weighted by molar-refractivity contribution is 0.0966. The van der Waals surface area contributed by atoms with E-state index in [9.17, 15) is 9.18 Å². The average Bonchev–Trinajstić information content (AvgIpc) is 2.33. The molecule has 0 fully saturated rings. The molecule has 0 saturated heterocycles. The van der Waals surface area contributed by atoms with Gasteiger partial charge in [-0.15, -0.1) is 0 Å². The maximum atomic E-state index is 13.3. The van der Waals surface area contributed by atoms with E-state index in [2.05, 4.69) is 18.7 Å². The number of halogens is 1. The molecule has 0 aromatic heterocycles. The Kier molecular flexibility index (Phi) is 5.29. The third-order valence-electron chi connectivity index (χ3n) is 3.04. The summed E-state index contributed by atoms with van der Waals surface area (Å²) in [6.07, 6.45) is 0.449. The van der Waals surface area contributed by atoms with Crippen molar-refractivity contribution < 1.29 is 9.18 Å². The highest BCUT2D eigenvalue weighted by Crippen LogP contribution is 2.11. The van der Waals surface area contributed by atoms with Crippen LogP contribution >= 0.6 is 0 Å². The van der Waals surface area contributed by atoms with Crippen molar-refractivity contribution in [2.75, 3.05) is 19.6 Å². The van der Waals surface area contributed by atoms with Gasteiger partial charge in [-0.05, 0) is 31.6 Å². The SMILES string of the molecule is CCN(CC)CCC(=O)c1ccc(C)c(F)c1. The summed E-state index contributed by atoms with van der Waals surface area (Å²) >= 11 is 0. The van der Waals surface area contributed by atoms with E-state index in [1.54, 1.807) is 19.1 Å². The quantitative estimate of drug-likeness (QED) is 0.709. The standard InChI is InChI=1S/C14H20FNO/c1-4-16(5-2)9-8-14(17)12-7-6-11(3)13(15)10-12/h6-7,10H,4-5,8-9H2,1-3H3. The van der Waals surface area contributed by atoms with E-state index in [0.717, 1.165) is 19.6 Å². The Morgan fingerprint density at radius 2 is 1.94 bits per heavy atom. The average molecular weight is 237 g/mol. The third-order valence-corrected chi connectivity index (χ3v) is 3.04. The van der Waals surface area contributed by atoms with Gasteiger partial charge in [-0.25, -0.2) is 4.39 Å². The van der Waals surface area contributed by atoms with Gasteiger partial charge in [-0.1, -0.05) is 26.0 Å². The number of hydrogen-bond acceptors (Lipinski definition) is 2. The van der Waals surface area contributed by atoms with Crippen LogP contribution in [0.1, 0.15) is 36.2 Å². The van der Waals surface area contributed by atoms with Gasteiger partial charge in [0.15, 0.2) is 5.78 Å². The van der Waals surface area contributed by atoms with Crippen LogP contribution in [0, 0.1) is 12.7 Å². The maximum Gasteiger partial charge on any atom is 0.164 e. The molecule has 3 heteroatoms. The summed E-state index contributed by atoms with van der Waals surface area (Å²) < 4.78 is 13.3. The van der Waals surface area contributed by atoms with Crippen LogP contribution < -0.4 is 0 Å². The fourth-order valence-corrected chi connectivity index (χ4v) is 1.71. The molecule has 0 heterocycles. The number of carbonyl (C=O) groups is 1. The lowest BCUT2D eigenvalue weighted by Crippen LogP contribution is -2.25. The first-order valence-corrected chi connectivity index (χ1v) is 6.10. The summed E-state index contributed by atoms with van der Waals surface area (Å²) in [6, 6.07) is 4.68. The number of benzene rings is 1. The number of hydrogen-bond donors (Lipinski definition) is 0. The molecule has 17 heavy (non-hydrogen) atoms. The molecule has 1 aromatic carbocycles. The fraction of sp³-hybridized carbons (Fsp3) is 0.500. The van der Waals surface area contributed by atoms with E-state index in [-0.39, 0.29) is 11.6 Å². The molecule has 0 unspecified atom stereocenters. The van der Waals surface area contributed by atoms with Crippen LogP contribution in [0.2, 0.25) is 0 Å². The van der Waals surface area contributed by atoms with Gasteiger partial charge in [-0.3, -0.25) is 4.79 Å². The lowest BCUT2D eigenvalue weighted by Gasteiger charge is -2.17. The molecule has 0 aliphatic carbocycles. The van der Waals surface area contributed by atoms with Gasteiger partial charge >= 0.3 is 0 Å². The summed E-state index contributed by atoms with van der Waals surface area (Å²) in [7, 11) is 0. The second-order valence-electron chi connectivity index (χ2n) is 4.16. The highest BCUT2D eigenvalue weighted by Gasteiger charge is 2.09. The molecule has 0 atom stereocenters. The van der Waals surface area contributed by atoms with Gasteiger partial charge in [0.1, 0.15) is 5.82 Å². The van der Waals surface area contributed by atoms with E-state index < -0.39 is 0 Å². The van der Waals surface area contributed by atoms with Crippen LogP contribution in [0.25, 0.3) is 0 Å². The molecule has 1 aromatic rings. The number of aryl methyl sites for hydroxylation is 1. The Morgan fingerprint density at radius 1 is 1.29 bits per heavy atom. The molecule has 0 amide bonds. The van der Waals surface area contributed by atoms with Gasteiger partial charge in [-0.2, -0.15) is 0 Å². The van der Waals surface area contributed by atoms with E-state index in [4.69, 9.17) is 0 Å². The van der Waals surface area contributed by atoms with Crippen LogP contribution in [-0.2, 0) is 0 Å². The first kappa shape index (κ1) is 13.8. The van der Waals surface area contributed by atoms with Crippen LogP contribution in [0.5, 0.6) is 0 Å². The van der Waals surface area contributed by atoms with E-state index >= 15 is 0 Å². The second-order valence-corrected chi connectivity index (χ2v) is 4.16. The Labute approximate surface area is 102 Å². The van der Waals surface area contributed by atoms with Crippen molar-refractivity contribution in [1.82, 2.24) is 4.90 Å². The molecular weight excluding hydrogens is 217 g/mol. The predicted octanol–water partition coefficient (Wildman–Crippen LogP) is 3.05. The normalized spacial score (nSPS) is 10.9. The summed E-state index contributed by atoms with van der Waals surface area (Å²) in [5.74, 6) is -0.297. The first-order chi connectivity index (χ1) is 8.08. The third kappa shape index (κ3) is 3.93.